The predicted octanol–water partition coefficient (Wildman–Crippen LogP) is 3.95. The number of piperazine rings is 1. The lowest BCUT2D eigenvalue weighted by atomic mass is 9.86. The number of benzene rings is 1. The van der Waals surface area contributed by atoms with Crippen molar-refractivity contribution in [3.8, 4) is 0 Å². The maximum Gasteiger partial charge on any atom is 0.194 e. The Kier molecular flexibility index (Phi) is 9.61. The number of halogens is 1. The molecule has 6 nitrogen and oxygen atoms in total. The minimum absolute atomic E-state index is 0. The van der Waals surface area contributed by atoms with Crippen LogP contribution >= 0.6 is 24.0 Å². The van der Waals surface area contributed by atoms with Gasteiger partial charge in [-0.15, -0.1) is 24.0 Å². The zero-order chi connectivity index (χ0) is 20.7. The average molecular weight is 525 g/mol. The SMILES string of the molecule is CCNC(=NCC(C)(C)Cc1ccccc1)N1CCN(Cc2cc(C)on2)CC1.I. The van der Waals surface area contributed by atoms with Gasteiger partial charge in [-0.1, -0.05) is 49.3 Å². The van der Waals surface area contributed by atoms with E-state index in [1.807, 2.05) is 13.0 Å². The van der Waals surface area contributed by atoms with Crippen molar-refractivity contribution in [3.05, 3.63) is 53.4 Å². The number of hydrogen-bond acceptors (Lipinski definition) is 4. The normalized spacial score (nSPS) is 15.7. The molecule has 0 spiro atoms. The number of nitrogens with one attached hydrogen (secondary N) is 1. The van der Waals surface area contributed by atoms with Crippen LogP contribution in [0.1, 0.15) is 37.8 Å². The van der Waals surface area contributed by atoms with Crippen molar-refractivity contribution >= 4 is 29.9 Å². The molecule has 166 valence electrons. The highest BCUT2D eigenvalue weighted by atomic mass is 127. The van der Waals surface area contributed by atoms with Crippen molar-refractivity contribution < 1.29 is 4.52 Å². The quantitative estimate of drug-likeness (QED) is 0.337. The Hall–Kier alpha value is -1.61. The first kappa shape index (κ1) is 24.7. The van der Waals surface area contributed by atoms with Crippen molar-refractivity contribution in [2.75, 3.05) is 39.3 Å². The van der Waals surface area contributed by atoms with E-state index in [1.54, 1.807) is 0 Å². The van der Waals surface area contributed by atoms with Crippen LogP contribution in [-0.2, 0) is 13.0 Å². The van der Waals surface area contributed by atoms with E-state index >= 15 is 0 Å². The van der Waals surface area contributed by atoms with Gasteiger partial charge in [0.2, 0.25) is 0 Å². The Morgan fingerprint density at radius 3 is 2.47 bits per heavy atom. The Morgan fingerprint density at radius 1 is 1.17 bits per heavy atom. The van der Waals surface area contributed by atoms with Crippen LogP contribution in [0, 0.1) is 12.3 Å². The lowest BCUT2D eigenvalue weighted by molar-refractivity contribution is 0.168. The molecule has 1 aliphatic rings. The van der Waals surface area contributed by atoms with Crippen LogP contribution < -0.4 is 5.32 Å². The molecular formula is C23H36IN5O. The fourth-order valence-electron chi connectivity index (χ4n) is 3.76. The van der Waals surface area contributed by atoms with Gasteiger partial charge in [-0.25, -0.2) is 0 Å². The fourth-order valence-corrected chi connectivity index (χ4v) is 3.76. The highest BCUT2D eigenvalue weighted by Crippen LogP contribution is 2.22. The molecule has 1 fully saturated rings. The summed E-state index contributed by atoms with van der Waals surface area (Å²) in [7, 11) is 0. The summed E-state index contributed by atoms with van der Waals surface area (Å²) >= 11 is 0. The summed E-state index contributed by atoms with van der Waals surface area (Å²) in [6.45, 7) is 15.2. The van der Waals surface area contributed by atoms with E-state index in [2.05, 4.69) is 71.4 Å². The van der Waals surface area contributed by atoms with Gasteiger partial charge in [0, 0.05) is 51.9 Å². The van der Waals surface area contributed by atoms with Crippen LogP contribution in [0.15, 0.2) is 45.9 Å². The molecular weight excluding hydrogens is 489 g/mol. The Bertz CT molecular complexity index is 782. The smallest absolute Gasteiger partial charge is 0.194 e. The van der Waals surface area contributed by atoms with E-state index in [-0.39, 0.29) is 29.4 Å². The van der Waals surface area contributed by atoms with E-state index in [9.17, 15) is 0 Å². The second-order valence-corrected chi connectivity index (χ2v) is 8.69. The largest absolute Gasteiger partial charge is 0.361 e. The number of guanidine groups is 1. The van der Waals surface area contributed by atoms with E-state index in [1.165, 1.54) is 5.56 Å². The molecule has 30 heavy (non-hydrogen) atoms. The van der Waals surface area contributed by atoms with Crippen LogP contribution in [0.4, 0.5) is 0 Å². The second-order valence-electron chi connectivity index (χ2n) is 8.69. The number of aliphatic imine (C=N–C) groups is 1. The van der Waals surface area contributed by atoms with Crippen LogP contribution in [0.2, 0.25) is 0 Å². The molecule has 0 radical (unpaired) electrons. The van der Waals surface area contributed by atoms with Crippen molar-refractivity contribution in [3.63, 3.8) is 0 Å². The first-order chi connectivity index (χ1) is 13.9. The summed E-state index contributed by atoms with van der Waals surface area (Å²) in [4.78, 5) is 9.81. The Morgan fingerprint density at radius 2 is 1.87 bits per heavy atom. The van der Waals surface area contributed by atoms with Crippen molar-refractivity contribution in [1.29, 1.82) is 0 Å². The third kappa shape index (κ3) is 7.58. The van der Waals surface area contributed by atoms with Crippen molar-refractivity contribution in [1.82, 2.24) is 20.3 Å². The summed E-state index contributed by atoms with van der Waals surface area (Å²) in [6.07, 6.45) is 1.03. The second kappa shape index (κ2) is 11.7. The number of rotatable bonds is 7. The highest BCUT2D eigenvalue weighted by molar-refractivity contribution is 14.0. The number of nitrogens with zero attached hydrogens (tertiary/aromatic N) is 4. The van der Waals surface area contributed by atoms with E-state index < -0.39 is 0 Å². The monoisotopic (exact) mass is 525 g/mol. The van der Waals surface area contributed by atoms with Crippen LogP contribution in [-0.4, -0.2) is 60.2 Å². The van der Waals surface area contributed by atoms with E-state index in [0.29, 0.717) is 0 Å². The van der Waals surface area contributed by atoms with Gasteiger partial charge < -0.3 is 14.7 Å². The van der Waals surface area contributed by atoms with Gasteiger partial charge >= 0.3 is 0 Å². The lowest BCUT2D eigenvalue weighted by Crippen LogP contribution is -2.52. The Labute approximate surface area is 198 Å². The van der Waals surface area contributed by atoms with Gasteiger partial charge in [-0.2, -0.15) is 0 Å². The van der Waals surface area contributed by atoms with Crippen LogP contribution in [0.5, 0.6) is 0 Å². The highest BCUT2D eigenvalue weighted by Gasteiger charge is 2.23. The minimum Gasteiger partial charge on any atom is -0.361 e. The van der Waals surface area contributed by atoms with E-state index in [0.717, 1.165) is 69.6 Å². The minimum atomic E-state index is 0. The molecule has 1 N–H and O–H groups in total. The molecule has 0 bridgehead atoms. The van der Waals surface area contributed by atoms with Gasteiger partial charge in [0.25, 0.3) is 0 Å². The van der Waals surface area contributed by atoms with E-state index in [4.69, 9.17) is 9.52 Å². The topological polar surface area (TPSA) is 56.9 Å². The van der Waals surface area contributed by atoms with Gasteiger partial charge in [-0.3, -0.25) is 9.89 Å². The van der Waals surface area contributed by atoms with Gasteiger partial charge in [0.05, 0.1) is 5.69 Å². The third-order valence-electron chi connectivity index (χ3n) is 5.25. The molecule has 3 rings (SSSR count). The summed E-state index contributed by atoms with van der Waals surface area (Å²) in [6, 6.07) is 12.7. The van der Waals surface area contributed by atoms with Gasteiger partial charge in [0.1, 0.15) is 5.76 Å². The zero-order valence-corrected chi connectivity index (χ0v) is 21.1. The molecule has 2 heterocycles. The number of aromatic nitrogens is 1. The molecule has 0 unspecified atom stereocenters. The van der Waals surface area contributed by atoms with Gasteiger partial charge in [-0.05, 0) is 31.2 Å². The molecule has 7 heteroatoms. The lowest BCUT2D eigenvalue weighted by Gasteiger charge is -2.36. The average Bonchev–Trinajstić information content (AvgIpc) is 3.11. The first-order valence-electron chi connectivity index (χ1n) is 10.7. The standard InChI is InChI=1S/C23H35N5O.HI/c1-5-24-22(25-18-23(3,4)16-20-9-7-6-8-10-20)28-13-11-27(12-14-28)17-21-15-19(2)29-26-21;/h6-10,15H,5,11-14,16-18H2,1-4H3,(H,24,25);1H. The molecule has 1 aromatic carbocycles. The summed E-state index contributed by atoms with van der Waals surface area (Å²) < 4.78 is 5.19. The fraction of sp³-hybridized carbons (Fsp3) is 0.565. The predicted molar refractivity (Wildman–Crippen MR) is 133 cm³/mol. The van der Waals surface area contributed by atoms with Crippen LogP contribution in [0.25, 0.3) is 0 Å². The molecule has 1 saturated heterocycles. The molecule has 2 aromatic rings. The number of hydrogen-bond donors (Lipinski definition) is 1. The van der Waals surface area contributed by atoms with Gasteiger partial charge in [0.15, 0.2) is 5.96 Å². The molecule has 1 aliphatic heterocycles. The van der Waals surface area contributed by atoms with Crippen molar-refractivity contribution in [2.24, 2.45) is 10.4 Å². The summed E-state index contributed by atoms with van der Waals surface area (Å²) in [5, 5.41) is 7.60. The van der Waals surface area contributed by atoms with Crippen LogP contribution in [0.3, 0.4) is 0 Å². The first-order valence-corrected chi connectivity index (χ1v) is 10.7. The third-order valence-corrected chi connectivity index (χ3v) is 5.25. The summed E-state index contributed by atoms with van der Waals surface area (Å²) in [5.74, 6) is 1.91. The maximum absolute atomic E-state index is 5.19. The molecule has 0 atom stereocenters. The summed E-state index contributed by atoms with van der Waals surface area (Å²) in [5.41, 5.74) is 2.50. The van der Waals surface area contributed by atoms with Crippen molar-refractivity contribution in [2.45, 2.75) is 40.7 Å². The molecule has 1 aromatic heterocycles. The zero-order valence-electron chi connectivity index (χ0n) is 18.7. The Balaban J connectivity index is 0.00000320. The maximum atomic E-state index is 5.19. The number of aryl methyl sites for hydroxylation is 1. The molecule has 0 aliphatic carbocycles. The molecule has 0 saturated carbocycles. The molecule has 0 amide bonds.